The van der Waals surface area contributed by atoms with Crippen molar-refractivity contribution in [1.82, 2.24) is 4.98 Å². The van der Waals surface area contributed by atoms with Crippen LogP contribution in [-0.4, -0.2) is 4.98 Å². The van der Waals surface area contributed by atoms with Crippen molar-refractivity contribution in [3.63, 3.8) is 0 Å². The molecule has 0 saturated heterocycles. The van der Waals surface area contributed by atoms with Gasteiger partial charge >= 0.3 is 0 Å². The Balaban J connectivity index is 2.76. The lowest BCUT2D eigenvalue weighted by atomic mass is 10.3. The van der Waals surface area contributed by atoms with E-state index in [1.807, 2.05) is 6.07 Å². The van der Waals surface area contributed by atoms with Gasteiger partial charge < -0.3 is 5.73 Å². The zero-order valence-corrected chi connectivity index (χ0v) is 8.88. The average molecular weight is 233 g/mol. The van der Waals surface area contributed by atoms with Gasteiger partial charge in [0.15, 0.2) is 0 Å². The van der Waals surface area contributed by atoms with Gasteiger partial charge in [-0.25, -0.2) is 4.98 Å². The molecule has 0 fully saturated rings. The highest BCUT2D eigenvalue weighted by atomic mass is 35.5. The first kappa shape index (κ1) is 9.21. The number of rotatable bonds is 1. The Hall–Kier alpha value is -0.350. The van der Waals surface area contributed by atoms with Crippen LogP contribution >= 0.6 is 34.5 Å². The molecule has 5 heteroatoms. The SMILES string of the molecule is NCc1nc2c(Cl)c(Cl)ccc2s1. The lowest BCUT2D eigenvalue weighted by Gasteiger charge is -1.93. The molecule has 1 aromatic heterocycles. The zero-order chi connectivity index (χ0) is 9.42. The van der Waals surface area contributed by atoms with E-state index in [4.69, 9.17) is 28.9 Å². The number of aromatic nitrogens is 1. The van der Waals surface area contributed by atoms with Crippen LogP contribution in [-0.2, 0) is 6.54 Å². The summed E-state index contributed by atoms with van der Waals surface area (Å²) in [5.74, 6) is 0. The molecule has 1 heterocycles. The Bertz CT molecular complexity index is 453. The molecule has 0 aliphatic carbocycles. The molecule has 68 valence electrons. The molecule has 0 saturated carbocycles. The van der Waals surface area contributed by atoms with E-state index in [9.17, 15) is 0 Å². The molecule has 2 aromatic rings. The molecule has 2 nitrogen and oxygen atoms in total. The monoisotopic (exact) mass is 232 g/mol. The van der Waals surface area contributed by atoms with E-state index in [1.165, 1.54) is 0 Å². The van der Waals surface area contributed by atoms with Gasteiger partial charge in [0, 0.05) is 6.54 Å². The second kappa shape index (κ2) is 3.42. The minimum atomic E-state index is 0.438. The van der Waals surface area contributed by atoms with E-state index in [0.717, 1.165) is 15.2 Å². The fourth-order valence-electron chi connectivity index (χ4n) is 1.07. The molecule has 0 aliphatic heterocycles. The van der Waals surface area contributed by atoms with Crippen LogP contribution in [0.15, 0.2) is 12.1 Å². The third-order valence-electron chi connectivity index (χ3n) is 1.67. The number of hydrogen-bond acceptors (Lipinski definition) is 3. The Morgan fingerprint density at radius 2 is 2.15 bits per heavy atom. The van der Waals surface area contributed by atoms with Gasteiger partial charge in [0.1, 0.15) is 10.5 Å². The molecular formula is C8H6Cl2N2S. The van der Waals surface area contributed by atoms with E-state index in [0.29, 0.717) is 16.6 Å². The number of thiazole rings is 1. The molecule has 1 aromatic carbocycles. The highest BCUT2D eigenvalue weighted by Crippen LogP contribution is 2.33. The van der Waals surface area contributed by atoms with Crippen molar-refractivity contribution in [1.29, 1.82) is 0 Å². The van der Waals surface area contributed by atoms with E-state index >= 15 is 0 Å². The summed E-state index contributed by atoms with van der Waals surface area (Å²) in [6, 6.07) is 3.67. The van der Waals surface area contributed by atoms with E-state index in [2.05, 4.69) is 4.98 Å². The standard InChI is InChI=1S/C8H6Cl2N2S/c9-4-1-2-5-8(7(4)10)12-6(3-11)13-5/h1-2H,3,11H2. The van der Waals surface area contributed by atoms with Crippen LogP contribution in [0, 0.1) is 0 Å². The van der Waals surface area contributed by atoms with Crippen molar-refractivity contribution in [2.24, 2.45) is 5.73 Å². The van der Waals surface area contributed by atoms with Gasteiger partial charge in [-0.3, -0.25) is 0 Å². The van der Waals surface area contributed by atoms with Crippen molar-refractivity contribution >= 4 is 44.8 Å². The lowest BCUT2D eigenvalue weighted by Crippen LogP contribution is -1.93. The number of benzene rings is 1. The predicted octanol–water partition coefficient (Wildman–Crippen LogP) is 3.06. The van der Waals surface area contributed by atoms with Crippen LogP contribution in [0.3, 0.4) is 0 Å². The highest BCUT2D eigenvalue weighted by Gasteiger charge is 2.08. The third kappa shape index (κ3) is 1.53. The van der Waals surface area contributed by atoms with Crippen LogP contribution < -0.4 is 5.73 Å². The molecule has 13 heavy (non-hydrogen) atoms. The molecule has 0 unspecified atom stereocenters. The first-order valence-corrected chi connectivity index (χ1v) is 5.23. The molecular weight excluding hydrogens is 227 g/mol. The van der Waals surface area contributed by atoms with Gasteiger partial charge in [-0.15, -0.1) is 11.3 Å². The van der Waals surface area contributed by atoms with Crippen LogP contribution in [0.25, 0.3) is 10.2 Å². The Morgan fingerprint density at radius 1 is 1.38 bits per heavy atom. The van der Waals surface area contributed by atoms with Crippen LogP contribution in [0.2, 0.25) is 10.0 Å². The Labute approximate surface area is 89.3 Å². The number of halogens is 2. The summed E-state index contributed by atoms with van der Waals surface area (Å²) in [6.07, 6.45) is 0. The van der Waals surface area contributed by atoms with Crippen LogP contribution in [0.5, 0.6) is 0 Å². The van der Waals surface area contributed by atoms with E-state index in [-0.39, 0.29) is 0 Å². The molecule has 0 atom stereocenters. The first-order valence-electron chi connectivity index (χ1n) is 3.66. The molecule has 0 bridgehead atoms. The molecule has 2 N–H and O–H groups in total. The zero-order valence-electron chi connectivity index (χ0n) is 6.55. The van der Waals surface area contributed by atoms with E-state index < -0.39 is 0 Å². The predicted molar refractivity (Wildman–Crippen MR) is 57.5 cm³/mol. The van der Waals surface area contributed by atoms with E-state index in [1.54, 1.807) is 17.4 Å². The maximum absolute atomic E-state index is 5.97. The Morgan fingerprint density at radius 3 is 2.85 bits per heavy atom. The van der Waals surface area contributed by atoms with Gasteiger partial charge in [-0.05, 0) is 12.1 Å². The summed E-state index contributed by atoms with van der Waals surface area (Å²) >= 11 is 13.4. The Kier molecular flexibility index (Phi) is 2.43. The van der Waals surface area contributed by atoms with Crippen LogP contribution in [0.4, 0.5) is 0 Å². The van der Waals surface area contributed by atoms with Crippen molar-refractivity contribution in [3.05, 3.63) is 27.2 Å². The maximum atomic E-state index is 5.97. The quantitative estimate of drug-likeness (QED) is 0.822. The molecule has 0 spiro atoms. The second-order valence-corrected chi connectivity index (χ2v) is 4.42. The summed E-state index contributed by atoms with van der Waals surface area (Å²) in [4.78, 5) is 4.27. The van der Waals surface area contributed by atoms with Crippen LogP contribution in [0.1, 0.15) is 5.01 Å². The fourth-order valence-corrected chi connectivity index (χ4v) is 2.34. The smallest absolute Gasteiger partial charge is 0.108 e. The highest BCUT2D eigenvalue weighted by molar-refractivity contribution is 7.18. The van der Waals surface area contributed by atoms with Crippen molar-refractivity contribution < 1.29 is 0 Å². The summed E-state index contributed by atoms with van der Waals surface area (Å²) in [5, 5.41) is 1.91. The van der Waals surface area contributed by atoms with Gasteiger partial charge in [-0.2, -0.15) is 0 Å². The van der Waals surface area contributed by atoms with Crippen molar-refractivity contribution in [2.45, 2.75) is 6.54 Å². The number of hydrogen-bond donors (Lipinski definition) is 1. The lowest BCUT2D eigenvalue weighted by molar-refractivity contribution is 1.05. The molecule has 2 rings (SSSR count). The number of nitrogens with zero attached hydrogens (tertiary/aromatic N) is 1. The van der Waals surface area contributed by atoms with Crippen molar-refractivity contribution in [3.8, 4) is 0 Å². The second-order valence-electron chi connectivity index (χ2n) is 2.52. The summed E-state index contributed by atoms with van der Waals surface area (Å²) in [7, 11) is 0. The normalized spacial score (nSPS) is 11.0. The summed E-state index contributed by atoms with van der Waals surface area (Å²) < 4.78 is 1.02. The topological polar surface area (TPSA) is 38.9 Å². The first-order chi connectivity index (χ1) is 6.22. The number of nitrogens with two attached hydrogens (primary N) is 1. The van der Waals surface area contributed by atoms with Gasteiger partial charge in [0.2, 0.25) is 0 Å². The maximum Gasteiger partial charge on any atom is 0.108 e. The van der Waals surface area contributed by atoms with Gasteiger partial charge in [0.05, 0.1) is 14.7 Å². The fraction of sp³-hybridized carbons (Fsp3) is 0.125. The summed E-state index contributed by atoms with van der Waals surface area (Å²) in [6.45, 7) is 0.438. The molecule has 0 radical (unpaired) electrons. The summed E-state index contributed by atoms with van der Waals surface area (Å²) in [5.41, 5.74) is 6.22. The number of fused-ring (bicyclic) bond motifs is 1. The average Bonchev–Trinajstić information content (AvgIpc) is 2.55. The largest absolute Gasteiger partial charge is 0.325 e. The van der Waals surface area contributed by atoms with Gasteiger partial charge in [-0.1, -0.05) is 23.2 Å². The molecule has 0 aliphatic rings. The minimum Gasteiger partial charge on any atom is -0.325 e. The van der Waals surface area contributed by atoms with Gasteiger partial charge in [0.25, 0.3) is 0 Å². The van der Waals surface area contributed by atoms with Crippen molar-refractivity contribution in [2.75, 3.05) is 0 Å². The third-order valence-corrected chi connectivity index (χ3v) is 3.51. The minimum absolute atomic E-state index is 0.438. The molecule has 0 amide bonds.